The Morgan fingerprint density at radius 2 is 2.21 bits per heavy atom. The number of imidazole rings is 1. The van der Waals surface area contributed by atoms with Crippen LogP contribution in [-0.4, -0.2) is 15.3 Å². The predicted octanol–water partition coefficient (Wildman–Crippen LogP) is 4.09. The summed E-state index contributed by atoms with van der Waals surface area (Å²) in [7, 11) is 0. The van der Waals surface area contributed by atoms with Crippen LogP contribution in [0, 0.1) is 18.3 Å². The van der Waals surface area contributed by atoms with Crippen LogP contribution in [0.1, 0.15) is 34.2 Å². The van der Waals surface area contributed by atoms with Crippen molar-refractivity contribution in [2.45, 2.75) is 20.3 Å². The Hall–Kier alpha value is -2.65. The van der Waals surface area contributed by atoms with Crippen LogP contribution in [0.3, 0.4) is 0 Å². The first-order valence-electron chi connectivity index (χ1n) is 7.52. The molecule has 2 aromatic heterocycles. The number of nitriles is 1. The molecule has 0 spiro atoms. The van der Waals surface area contributed by atoms with Crippen LogP contribution in [0.5, 0.6) is 0 Å². The van der Waals surface area contributed by atoms with Crippen molar-refractivity contribution in [1.29, 1.82) is 5.26 Å². The molecule has 1 amide bonds. The number of anilines is 1. The summed E-state index contributed by atoms with van der Waals surface area (Å²) < 4.78 is 2.69. The molecule has 0 saturated heterocycles. The van der Waals surface area contributed by atoms with E-state index >= 15 is 0 Å². The van der Waals surface area contributed by atoms with E-state index in [0.717, 1.165) is 21.4 Å². The standard InChI is InChI=1S/C18H15BrN4O/c1-3-15-16(23-10-13(19)7-11(2)17(23)22-15)18(24)21-14-6-4-5-12(8-14)9-20/h4-8,10H,3H2,1-2H3,(H,21,24). The number of carbonyl (C=O) groups is 1. The van der Waals surface area contributed by atoms with Crippen LogP contribution in [-0.2, 0) is 6.42 Å². The minimum atomic E-state index is -0.244. The molecule has 6 heteroatoms. The molecule has 0 unspecified atom stereocenters. The van der Waals surface area contributed by atoms with Crippen LogP contribution >= 0.6 is 15.9 Å². The van der Waals surface area contributed by atoms with Gasteiger partial charge in [0.15, 0.2) is 0 Å². The summed E-state index contributed by atoms with van der Waals surface area (Å²) in [6, 6.07) is 10.9. The molecule has 0 aliphatic rings. The molecule has 0 radical (unpaired) electrons. The molecule has 5 nitrogen and oxygen atoms in total. The van der Waals surface area contributed by atoms with Gasteiger partial charge in [-0.3, -0.25) is 9.20 Å². The minimum absolute atomic E-state index is 0.244. The number of amides is 1. The molecule has 1 N–H and O–H groups in total. The van der Waals surface area contributed by atoms with E-state index in [4.69, 9.17) is 5.26 Å². The monoisotopic (exact) mass is 382 g/mol. The molecule has 0 fully saturated rings. The second-order valence-corrected chi connectivity index (χ2v) is 6.36. The summed E-state index contributed by atoms with van der Waals surface area (Å²) in [5, 5.41) is 11.8. The summed E-state index contributed by atoms with van der Waals surface area (Å²) in [4.78, 5) is 17.4. The summed E-state index contributed by atoms with van der Waals surface area (Å²) in [6.07, 6.45) is 2.49. The van der Waals surface area contributed by atoms with E-state index in [0.29, 0.717) is 23.4 Å². The summed E-state index contributed by atoms with van der Waals surface area (Å²) >= 11 is 3.47. The van der Waals surface area contributed by atoms with E-state index in [2.05, 4.69) is 32.3 Å². The zero-order valence-corrected chi connectivity index (χ0v) is 14.9. The molecule has 3 rings (SSSR count). The average molecular weight is 383 g/mol. The largest absolute Gasteiger partial charge is 0.321 e. The van der Waals surface area contributed by atoms with Crippen molar-refractivity contribution in [3.8, 4) is 6.07 Å². The summed E-state index contributed by atoms with van der Waals surface area (Å²) in [6.45, 7) is 3.93. The molecule has 0 aliphatic carbocycles. The number of rotatable bonds is 3. The number of aromatic nitrogens is 2. The highest BCUT2D eigenvalue weighted by atomic mass is 79.9. The van der Waals surface area contributed by atoms with Gasteiger partial charge in [0, 0.05) is 16.4 Å². The normalized spacial score (nSPS) is 10.6. The van der Waals surface area contributed by atoms with Gasteiger partial charge in [-0.2, -0.15) is 5.26 Å². The SMILES string of the molecule is CCc1nc2c(C)cc(Br)cn2c1C(=O)Nc1cccc(C#N)c1. The number of nitrogens with zero attached hydrogens (tertiary/aromatic N) is 3. The third-order valence-electron chi connectivity index (χ3n) is 3.74. The van der Waals surface area contributed by atoms with E-state index < -0.39 is 0 Å². The quantitative estimate of drug-likeness (QED) is 0.741. The molecule has 2 heterocycles. The number of fused-ring (bicyclic) bond motifs is 1. The third-order valence-corrected chi connectivity index (χ3v) is 4.18. The molecule has 0 aliphatic heterocycles. The van der Waals surface area contributed by atoms with Crippen molar-refractivity contribution in [3.63, 3.8) is 0 Å². The molecule has 3 aromatic rings. The van der Waals surface area contributed by atoms with E-state index in [1.807, 2.05) is 30.5 Å². The predicted molar refractivity (Wildman–Crippen MR) is 96.1 cm³/mol. The van der Waals surface area contributed by atoms with Gasteiger partial charge in [0.25, 0.3) is 5.91 Å². The molecular weight excluding hydrogens is 368 g/mol. The van der Waals surface area contributed by atoms with E-state index in [9.17, 15) is 4.79 Å². The number of nitrogens with one attached hydrogen (secondary N) is 1. The van der Waals surface area contributed by atoms with Crippen molar-refractivity contribution >= 4 is 33.2 Å². The molecule has 1 aromatic carbocycles. The van der Waals surface area contributed by atoms with Crippen molar-refractivity contribution < 1.29 is 4.79 Å². The number of hydrogen-bond acceptors (Lipinski definition) is 3. The summed E-state index contributed by atoms with van der Waals surface area (Å²) in [5.41, 5.74) is 4.10. The Kier molecular flexibility index (Phi) is 4.36. The average Bonchev–Trinajstić information content (AvgIpc) is 2.93. The fourth-order valence-electron chi connectivity index (χ4n) is 2.66. The van der Waals surface area contributed by atoms with Crippen molar-refractivity contribution in [3.05, 3.63) is 63.5 Å². The fourth-order valence-corrected chi connectivity index (χ4v) is 3.21. The second kappa shape index (κ2) is 6.46. The highest BCUT2D eigenvalue weighted by Gasteiger charge is 2.19. The van der Waals surface area contributed by atoms with E-state index in [1.54, 1.807) is 24.3 Å². The lowest BCUT2D eigenvalue weighted by Gasteiger charge is -2.08. The van der Waals surface area contributed by atoms with Gasteiger partial charge in [-0.15, -0.1) is 0 Å². The third kappa shape index (κ3) is 2.91. The van der Waals surface area contributed by atoms with Crippen LogP contribution in [0.25, 0.3) is 5.65 Å². The van der Waals surface area contributed by atoms with Gasteiger partial charge < -0.3 is 5.32 Å². The first kappa shape index (κ1) is 16.2. The highest BCUT2D eigenvalue weighted by molar-refractivity contribution is 9.10. The number of pyridine rings is 1. The van der Waals surface area contributed by atoms with E-state index in [1.165, 1.54) is 0 Å². The molecule has 0 bridgehead atoms. The molecular formula is C18H15BrN4O. The van der Waals surface area contributed by atoms with Crippen molar-refractivity contribution in [2.24, 2.45) is 0 Å². The zero-order valence-electron chi connectivity index (χ0n) is 13.3. The van der Waals surface area contributed by atoms with Crippen LogP contribution in [0.15, 0.2) is 41.0 Å². The van der Waals surface area contributed by atoms with Crippen molar-refractivity contribution in [1.82, 2.24) is 9.38 Å². The number of carbonyl (C=O) groups excluding carboxylic acids is 1. The van der Waals surface area contributed by atoms with Gasteiger partial charge >= 0.3 is 0 Å². The first-order chi connectivity index (χ1) is 11.5. The van der Waals surface area contributed by atoms with Gasteiger partial charge in [0.2, 0.25) is 0 Å². The smallest absolute Gasteiger partial charge is 0.274 e. The molecule has 24 heavy (non-hydrogen) atoms. The number of halogens is 1. The van der Waals surface area contributed by atoms with Crippen molar-refractivity contribution in [2.75, 3.05) is 5.32 Å². The zero-order chi connectivity index (χ0) is 17.3. The number of benzene rings is 1. The fraction of sp³-hybridized carbons (Fsp3) is 0.167. The maximum Gasteiger partial charge on any atom is 0.274 e. The molecule has 0 saturated carbocycles. The number of aryl methyl sites for hydroxylation is 2. The lowest BCUT2D eigenvalue weighted by molar-refractivity contribution is 0.102. The Morgan fingerprint density at radius 3 is 2.92 bits per heavy atom. The molecule has 120 valence electrons. The van der Waals surface area contributed by atoms with Crippen LogP contribution < -0.4 is 5.32 Å². The van der Waals surface area contributed by atoms with Crippen LogP contribution in [0.4, 0.5) is 5.69 Å². The van der Waals surface area contributed by atoms with E-state index in [-0.39, 0.29) is 5.91 Å². The number of hydrogen-bond donors (Lipinski definition) is 1. The van der Waals surface area contributed by atoms with Gasteiger partial charge in [-0.1, -0.05) is 13.0 Å². The van der Waals surface area contributed by atoms with Crippen LogP contribution in [0.2, 0.25) is 0 Å². The first-order valence-corrected chi connectivity index (χ1v) is 8.31. The maximum atomic E-state index is 12.8. The lowest BCUT2D eigenvalue weighted by atomic mass is 10.2. The van der Waals surface area contributed by atoms with Gasteiger partial charge in [-0.05, 0) is 59.1 Å². The van der Waals surface area contributed by atoms with Gasteiger partial charge in [0.05, 0.1) is 17.3 Å². The maximum absolute atomic E-state index is 12.8. The topological polar surface area (TPSA) is 70.2 Å². The Labute approximate surface area is 148 Å². The molecule has 0 atom stereocenters. The Morgan fingerprint density at radius 1 is 1.42 bits per heavy atom. The summed E-state index contributed by atoms with van der Waals surface area (Å²) in [5.74, 6) is -0.244. The van der Waals surface area contributed by atoms with Gasteiger partial charge in [-0.25, -0.2) is 4.98 Å². The van der Waals surface area contributed by atoms with Gasteiger partial charge in [0.1, 0.15) is 11.3 Å². The second-order valence-electron chi connectivity index (χ2n) is 5.44. The Bertz CT molecular complexity index is 985. The highest BCUT2D eigenvalue weighted by Crippen LogP contribution is 2.22. The Balaban J connectivity index is 2.07. The lowest BCUT2D eigenvalue weighted by Crippen LogP contribution is -2.16. The minimum Gasteiger partial charge on any atom is -0.321 e.